The van der Waals surface area contributed by atoms with Gasteiger partial charge in [0.05, 0.1) is 13.1 Å². The van der Waals surface area contributed by atoms with Crippen LogP contribution in [0.25, 0.3) is 0 Å². The summed E-state index contributed by atoms with van der Waals surface area (Å²) < 4.78 is 0. The molecule has 4 aromatic carbocycles. The molecule has 0 aliphatic rings. The van der Waals surface area contributed by atoms with Crippen LogP contribution in [0.1, 0.15) is 28.7 Å². The Morgan fingerprint density at radius 1 is 0.386 bits per heavy atom. The van der Waals surface area contributed by atoms with Crippen molar-refractivity contribution < 1.29 is 60.0 Å². The molecule has 0 aliphatic carbocycles. The summed E-state index contributed by atoms with van der Waals surface area (Å²) in [7, 11) is 0. The Morgan fingerprint density at radius 3 is 0.864 bits per heavy atom. The second kappa shape index (κ2) is 23.2. The molecular weight excluding hydrogens is 644 g/mol. The van der Waals surface area contributed by atoms with Crippen molar-refractivity contribution >= 4 is 24.9 Å². The molecule has 0 amide bonds. The predicted molar refractivity (Wildman–Crippen MR) is 171 cm³/mol. The van der Waals surface area contributed by atoms with Gasteiger partial charge in [-0.2, -0.15) is 0 Å². The molecule has 0 fully saturated rings. The molecule has 6 N–H and O–H groups in total. The fraction of sp³-hybridized carbons (Fsp3) is 0.152. The number of para-hydroxylation sites is 4. The topological polar surface area (TPSA) is 162 Å². The monoisotopic (exact) mass is 680 g/mol. The van der Waals surface area contributed by atoms with Crippen LogP contribution in [0.5, 0.6) is 23.0 Å². The van der Waals surface area contributed by atoms with E-state index in [0.29, 0.717) is 37.3 Å². The number of aliphatic imine (C=N–C) groups is 4. The van der Waals surface area contributed by atoms with Crippen molar-refractivity contribution in [3.8, 4) is 23.0 Å². The van der Waals surface area contributed by atoms with E-state index in [2.05, 4.69) is 20.0 Å². The van der Waals surface area contributed by atoms with Crippen LogP contribution in [0.15, 0.2) is 117 Å². The molecule has 0 atom stereocenters. The summed E-state index contributed by atoms with van der Waals surface area (Å²) in [5.41, 5.74) is 2.82. The number of benzene rings is 4. The van der Waals surface area contributed by atoms with Gasteiger partial charge in [0.15, 0.2) is 0 Å². The third-order valence-corrected chi connectivity index (χ3v) is 5.60. The molecule has 0 saturated heterocycles. The van der Waals surface area contributed by atoms with Crippen LogP contribution in [0, 0.1) is 0 Å². The van der Waals surface area contributed by atoms with Crippen LogP contribution in [-0.2, 0) is 34.1 Å². The zero-order chi connectivity index (χ0) is 29.1. The van der Waals surface area contributed by atoms with Crippen molar-refractivity contribution in [2.24, 2.45) is 20.0 Å². The van der Waals surface area contributed by atoms with Crippen molar-refractivity contribution in [2.75, 3.05) is 26.2 Å². The largest absolute Gasteiger partial charge is 0.507 e. The number of aromatic hydroxyl groups is 4. The first-order valence-corrected chi connectivity index (χ1v) is 13.2. The molecule has 0 bridgehead atoms. The minimum atomic E-state index is 0. The molecule has 4 rings (SSSR count). The predicted octanol–water partition coefficient (Wildman–Crippen LogP) is 4.83. The minimum Gasteiger partial charge on any atom is -0.507 e. The van der Waals surface area contributed by atoms with Gasteiger partial charge in [0.2, 0.25) is 0 Å². The number of hydrogen-bond acceptors (Lipinski definition) is 8. The summed E-state index contributed by atoms with van der Waals surface area (Å²) in [6, 6.07) is 28.2. The van der Waals surface area contributed by atoms with Gasteiger partial charge in [-0.3, -0.25) is 20.0 Å². The number of rotatable bonds is 11. The maximum atomic E-state index is 9.56. The summed E-state index contributed by atoms with van der Waals surface area (Å²) in [5, 5.41) is 38.2. The SMILES string of the molecule is O.Oc1ccccc1C=NCCCN=Cc1ccccc1O.Oc1ccccc1C=NCCN=Cc1ccccc1O.[Fe].[Fe]. The van der Waals surface area contributed by atoms with E-state index < -0.39 is 0 Å². The Labute approximate surface area is 278 Å². The molecular formula is C33H36Fe2N4O5. The fourth-order valence-electron chi connectivity index (χ4n) is 3.41. The summed E-state index contributed by atoms with van der Waals surface area (Å²) in [4.78, 5) is 16.9. The van der Waals surface area contributed by atoms with Gasteiger partial charge in [-0.15, -0.1) is 0 Å². The van der Waals surface area contributed by atoms with E-state index in [1.54, 1.807) is 85.5 Å². The first-order chi connectivity index (χ1) is 20.0. The van der Waals surface area contributed by atoms with E-state index in [1.807, 2.05) is 36.4 Å². The van der Waals surface area contributed by atoms with Crippen molar-refractivity contribution in [1.29, 1.82) is 0 Å². The van der Waals surface area contributed by atoms with Gasteiger partial charge >= 0.3 is 0 Å². The maximum Gasteiger partial charge on any atom is 0.124 e. The molecule has 0 aliphatic heterocycles. The maximum absolute atomic E-state index is 9.56. The number of hydrogen-bond donors (Lipinski definition) is 4. The van der Waals surface area contributed by atoms with Gasteiger partial charge in [0.25, 0.3) is 0 Å². The zero-order valence-electron chi connectivity index (χ0n) is 23.9. The van der Waals surface area contributed by atoms with Gasteiger partial charge in [-0.05, 0) is 55.0 Å². The van der Waals surface area contributed by atoms with Crippen LogP contribution in [0.3, 0.4) is 0 Å². The van der Waals surface area contributed by atoms with Gasteiger partial charge < -0.3 is 25.9 Å². The molecule has 0 heterocycles. The molecule has 44 heavy (non-hydrogen) atoms. The quantitative estimate of drug-likeness (QED) is 0.102. The molecule has 0 spiro atoms. The van der Waals surface area contributed by atoms with Gasteiger partial charge in [-0.1, -0.05) is 48.5 Å². The molecule has 0 unspecified atom stereocenters. The minimum absolute atomic E-state index is 0. The molecule has 0 aromatic heterocycles. The van der Waals surface area contributed by atoms with Crippen LogP contribution < -0.4 is 0 Å². The smallest absolute Gasteiger partial charge is 0.124 e. The first kappa shape index (κ1) is 39.8. The van der Waals surface area contributed by atoms with E-state index in [9.17, 15) is 20.4 Å². The van der Waals surface area contributed by atoms with Gasteiger partial charge in [-0.25, -0.2) is 0 Å². The van der Waals surface area contributed by atoms with Gasteiger partial charge in [0.1, 0.15) is 23.0 Å². The van der Waals surface area contributed by atoms with E-state index in [0.717, 1.165) is 17.5 Å². The molecule has 11 heteroatoms. The van der Waals surface area contributed by atoms with Crippen molar-refractivity contribution in [3.63, 3.8) is 0 Å². The van der Waals surface area contributed by atoms with Crippen LogP contribution in [0.4, 0.5) is 0 Å². The van der Waals surface area contributed by atoms with Gasteiger partial charge in [0, 0.05) is 94.3 Å². The summed E-state index contributed by atoms with van der Waals surface area (Å²) in [5.74, 6) is 0.903. The van der Waals surface area contributed by atoms with E-state index in [1.165, 1.54) is 0 Å². The van der Waals surface area contributed by atoms with E-state index in [-0.39, 0.29) is 62.6 Å². The molecule has 4 aromatic rings. The Morgan fingerprint density at radius 2 is 0.614 bits per heavy atom. The number of nitrogens with zero attached hydrogens (tertiary/aromatic N) is 4. The van der Waals surface area contributed by atoms with E-state index >= 15 is 0 Å². The third kappa shape index (κ3) is 14.8. The van der Waals surface area contributed by atoms with Crippen LogP contribution in [0.2, 0.25) is 0 Å². The van der Waals surface area contributed by atoms with Crippen molar-refractivity contribution in [2.45, 2.75) is 6.42 Å². The average Bonchev–Trinajstić information content (AvgIpc) is 2.98. The molecule has 234 valence electrons. The zero-order valence-corrected chi connectivity index (χ0v) is 26.1. The summed E-state index contributed by atoms with van der Waals surface area (Å²) in [6.45, 7) is 2.34. The normalized spacial score (nSPS) is 10.6. The summed E-state index contributed by atoms with van der Waals surface area (Å²) >= 11 is 0. The van der Waals surface area contributed by atoms with Crippen molar-refractivity contribution in [3.05, 3.63) is 119 Å². The Bertz CT molecular complexity index is 1390. The number of phenols is 4. The second-order valence-electron chi connectivity index (χ2n) is 8.73. The summed E-state index contributed by atoms with van der Waals surface area (Å²) in [6.07, 6.45) is 7.41. The second-order valence-corrected chi connectivity index (χ2v) is 8.73. The third-order valence-electron chi connectivity index (χ3n) is 5.60. The molecule has 9 nitrogen and oxygen atoms in total. The Hall–Kier alpha value is -4.24. The standard InChI is InChI=1S/C17H18N2O2.C16H16N2O2.2Fe.H2O/c20-16-8-3-1-6-14(16)12-18-10-5-11-19-13-15-7-2-4-9-17(15)21;19-15-7-3-1-5-13(15)11-17-9-10-18-12-14-6-2-4-8-16(14)20;;;/h1-4,6-9,12-13,20-21H,5,10-11H2;1-8,11-12,19-20H,9-10H2;;;1H2. The molecule has 0 saturated carbocycles. The Balaban J connectivity index is 0.000000788. The van der Waals surface area contributed by atoms with Crippen LogP contribution in [-0.4, -0.2) is 76.9 Å². The fourth-order valence-corrected chi connectivity index (χ4v) is 3.41. The van der Waals surface area contributed by atoms with Crippen molar-refractivity contribution in [1.82, 2.24) is 0 Å². The number of phenolic OH excluding ortho intramolecular Hbond substituents is 4. The van der Waals surface area contributed by atoms with Crippen LogP contribution >= 0.6 is 0 Å². The first-order valence-electron chi connectivity index (χ1n) is 13.2. The van der Waals surface area contributed by atoms with E-state index in [4.69, 9.17) is 0 Å². The Kier molecular flexibility index (Phi) is 21.0. The average molecular weight is 680 g/mol. The molecule has 0 radical (unpaired) electrons.